The lowest BCUT2D eigenvalue weighted by molar-refractivity contribution is -0.178. The first-order chi connectivity index (χ1) is 15.3. The fourth-order valence-electron chi connectivity index (χ4n) is 3.45. The number of aliphatic hydroxyl groups excluding tert-OH is 3. The number of hydrogen-bond acceptors (Lipinski definition) is 10. The first-order valence-corrected chi connectivity index (χ1v) is 12.7. The van der Waals surface area contributed by atoms with Crippen LogP contribution in [0.25, 0.3) is 10.7 Å². The number of aliphatic hydroxyl groups is 3. The van der Waals surface area contributed by atoms with Gasteiger partial charge < -0.3 is 20.1 Å². The third kappa shape index (κ3) is 4.87. The highest BCUT2D eigenvalue weighted by molar-refractivity contribution is 9.10. The number of nitrogens with zero attached hydrogens (tertiary/aromatic N) is 5. The Balaban J connectivity index is 1.64. The van der Waals surface area contributed by atoms with Gasteiger partial charge in [-0.2, -0.15) is 0 Å². The van der Waals surface area contributed by atoms with Crippen LogP contribution in [-0.4, -0.2) is 70.6 Å². The summed E-state index contributed by atoms with van der Waals surface area (Å²) in [4.78, 5) is 9.50. The van der Waals surface area contributed by atoms with E-state index < -0.39 is 36.4 Å². The summed E-state index contributed by atoms with van der Waals surface area (Å²) in [6, 6.07) is 1.02. The fraction of sp³-hybridized carbons (Fsp3) is 0.474. The van der Waals surface area contributed by atoms with Gasteiger partial charge in [0.15, 0.2) is 0 Å². The molecule has 0 aromatic carbocycles. The van der Waals surface area contributed by atoms with Gasteiger partial charge >= 0.3 is 0 Å². The summed E-state index contributed by atoms with van der Waals surface area (Å²) in [7, 11) is 0. The molecule has 1 fully saturated rings. The van der Waals surface area contributed by atoms with Gasteiger partial charge in [0.05, 0.1) is 18.5 Å². The van der Waals surface area contributed by atoms with Gasteiger partial charge in [-0.25, -0.2) is 9.67 Å². The van der Waals surface area contributed by atoms with Crippen LogP contribution < -0.4 is 0 Å². The molecule has 0 aliphatic carbocycles. The number of ether oxygens (including phenoxy) is 1. The first-order valence-electron chi connectivity index (χ1n) is 9.76. The molecular formula is C19H21BrClN5O4S2. The van der Waals surface area contributed by atoms with Gasteiger partial charge in [-0.15, -0.1) is 16.4 Å². The van der Waals surface area contributed by atoms with Crippen LogP contribution in [0.1, 0.15) is 31.5 Å². The van der Waals surface area contributed by atoms with Crippen molar-refractivity contribution in [3.63, 3.8) is 0 Å². The molecule has 32 heavy (non-hydrogen) atoms. The zero-order valence-electron chi connectivity index (χ0n) is 17.0. The highest BCUT2D eigenvalue weighted by Gasteiger charge is 2.46. The minimum atomic E-state index is -1.20. The molecule has 1 aliphatic rings. The maximum absolute atomic E-state index is 11.2. The first kappa shape index (κ1) is 24.0. The molecule has 0 radical (unpaired) electrons. The van der Waals surface area contributed by atoms with E-state index >= 15 is 0 Å². The largest absolute Gasteiger partial charge is 0.394 e. The Hall–Kier alpha value is -1.12. The topological polar surface area (TPSA) is 126 Å². The van der Waals surface area contributed by atoms with Crippen LogP contribution in [0, 0.1) is 0 Å². The highest BCUT2D eigenvalue weighted by Crippen LogP contribution is 2.40. The number of thiazole rings is 1. The monoisotopic (exact) mass is 561 g/mol. The van der Waals surface area contributed by atoms with Crippen LogP contribution in [0.3, 0.4) is 0 Å². The van der Waals surface area contributed by atoms with Crippen molar-refractivity contribution in [3.05, 3.63) is 39.2 Å². The maximum Gasteiger partial charge on any atom is 0.147 e. The summed E-state index contributed by atoms with van der Waals surface area (Å²) >= 11 is 11.9. The number of pyridine rings is 1. The quantitative estimate of drug-likeness (QED) is 0.415. The Labute approximate surface area is 205 Å². The van der Waals surface area contributed by atoms with Gasteiger partial charge in [0.2, 0.25) is 0 Å². The van der Waals surface area contributed by atoms with Crippen LogP contribution in [0.4, 0.5) is 0 Å². The second-order valence-corrected chi connectivity index (χ2v) is 10.9. The predicted molar refractivity (Wildman–Crippen MR) is 125 cm³/mol. The standard InChI is InChI=1S/C19H21BrClN5O4S2/c1-8(2)14-12(3-9(20)4-22-14)32-19-17(29)15(16(28)11(6-27)30-19)26-5-10(24-25-26)18-23-13(21)7-31-18/h3-5,7-8,11,15-17,19,27-29H,6H2,1-2H3/t11?,15-,16-,17?,19+/m0/s1. The second-order valence-electron chi connectivity index (χ2n) is 7.57. The molecular weight excluding hydrogens is 542 g/mol. The predicted octanol–water partition coefficient (Wildman–Crippen LogP) is 3.11. The smallest absolute Gasteiger partial charge is 0.147 e. The average molecular weight is 563 g/mol. The van der Waals surface area contributed by atoms with Crippen molar-refractivity contribution in [1.82, 2.24) is 25.0 Å². The molecule has 4 heterocycles. The number of rotatable bonds is 6. The fourth-order valence-corrected chi connectivity index (χ4v) is 6.19. The van der Waals surface area contributed by atoms with Crippen molar-refractivity contribution in [3.8, 4) is 10.7 Å². The van der Waals surface area contributed by atoms with Crippen molar-refractivity contribution >= 4 is 50.6 Å². The Morgan fingerprint density at radius 1 is 1.34 bits per heavy atom. The maximum atomic E-state index is 11.2. The lowest BCUT2D eigenvalue weighted by Gasteiger charge is -2.41. The van der Waals surface area contributed by atoms with Crippen LogP contribution in [0.5, 0.6) is 0 Å². The van der Waals surface area contributed by atoms with Gasteiger partial charge in [0.25, 0.3) is 0 Å². The Morgan fingerprint density at radius 3 is 2.78 bits per heavy atom. The van der Waals surface area contributed by atoms with E-state index in [9.17, 15) is 15.3 Å². The van der Waals surface area contributed by atoms with E-state index in [1.807, 2.05) is 19.9 Å². The van der Waals surface area contributed by atoms with Gasteiger partial charge in [-0.3, -0.25) is 4.98 Å². The molecule has 9 nitrogen and oxygen atoms in total. The number of hydrogen-bond donors (Lipinski definition) is 3. The summed E-state index contributed by atoms with van der Waals surface area (Å²) in [5.41, 5.74) is 0.549. The number of thioether (sulfide) groups is 1. The SMILES string of the molecule is CC(C)c1ncc(Br)cc1S[C@H]1OC(CO)[C@H](O)[C@H](n2cc(-c3nc(Cl)cs3)nn2)C1O. The highest BCUT2D eigenvalue weighted by atomic mass is 79.9. The van der Waals surface area contributed by atoms with Crippen LogP contribution in [-0.2, 0) is 4.74 Å². The molecule has 4 rings (SSSR count). The minimum Gasteiger partial charge on any atom is -0.394 e. The van der Waals surface area contributed by atoms with Gasteiger partial charge in [0.1, 0.15) is 45.6 Å². The van der Waals surface area contributed by atoms with E-state index in [-0.39, 0.29) is 5.92 Å². The van der Waals surface area contributed by atoms with Crippen LogP contribution in [0.2, 0.25) is 5.15 Å². The lowest BCUT2D eigenvalue weighted by Crippen LogP contribution is -2.55. The summed E-state index contributed by atoms with van der Waals surface area (Å²) < 4.78 is 8.05. The summed E-state index contributed by atoms with van der Waals surface area (Å²) in [5.74, 6) is 0.157. The molecule has 3 aromatic heterocycles. The Bertz CT molecular complexity index is 1080. The van der Waals surface area contributed by atoms with Crippen LogP contribution in [0.15, 0.2) is 33.2 Å². The summed E-state index contributed by atoms with van der Waals surface area (Å²) in [6.45, 7) is 3.64. The summed E-state index contributed by atoms with van der Waals surface area (Å²) in [6.07, 6.45) is 0.0549. The molecule has 3 aromatic rings. The van der Waals surface area contributed by atoms with E-state index in [4.69, 9.17) is 16.3 Å². The average Bonchev–Trinajstić information content (AvgIpc) is 3.39. The summed E-state index contributed by atoms with van der Waals surface area (Å²) in [5, 5.41) is 42.6. The minimum absolute atomic E-state index is 0.157. The van der Waals surface area contributed by atoms with Crippen molar-refractivity contribution in [1.29, 1.82) is 0 Å². The van der Waals surface area contributed by atoms with Crippen molar-refractivity contribution < 1.29 is 20.1 Å². The van der Waals surface area contributed by atoms with E-state index in [0.29, 0.717) is 15.9 Å². The van der Waals surface area contributed by atoms with Crippen molar-refractivity contribution in [2.75, 3.05) is 6.61 Å². The van der Waals surface area contributed by atoms with Gasteiger partial charge in [0, 0.05) is 20.9 Å². The van der Waals surface area contributed by atoms with Gasteiger partial charge in [-0.1, -0.05) is 42.4 Å². The molecule has 3 N–H and O–H groups in total. The zero-order valence-corrected chi connectivity index (χ0v) is 21.0. The van der Waals surface area contributed by atoms with Crippen LogP contribution >= 0.6 is 50.6 Å². The molecule has 2 unspecified atom stereocenters. The molecule has 0 amide bonds. The van der Waals surface area contributed by atoms with E-state index in [2.05, 4.69) is 36.2 Å². The zero-order chi connectivity index (χ0) is 23.0. The molecule has 1 aliphatic heterocycles. The molecule has 1 saturated heterocycles. The Morgan fingerprint density at radius 2 is 2.12 bits per heavy atom. The molecule has 0 saturated carbocycles. The molecule has 172 valence electrons. The molecule has 5 atom stereocenters. The number of aromatic nitrogens is 5. The van der Waals surface area contributed by atoms with E-state index in [1.54, 1.807) is 17.8 Å². The lowest BCUT2D eigenvalue weighted by atomic mass is 9.97. The van der Waals surface area contributed by atoms with E-state index in [0.717, 1.165) is 15.1 Å². The Kier molecular flexibility index (Phi) is 7.52. The third-order valence-electron chi connectivity index (χ3n) is 5.00. The normalized spacial score (nSPS) is 26.1. The van der Waals surface area contributed by atoms with Crippen molar-refractivity contribution in [2.24, 2.45) is 0 Å². The molecule has 0 spiro atoms. The second kappa shape index (κ2) is 10.0. The van der Waals surface area contributed by atoms with E-state index in [1.165, 1.54) is 27.8 Å². The number of halogens is 2. The van der Waals surface area contributed by atoms with Crippen molar-refractivity contribution in [2.45, 2.75) is 54.5 Å². The molecule has 0 bridgehead atoms. The molecule has 13 heteroatoms. The van der Waals surface area contributed by atoms with Gasteiger partial charge in [-0.05, 0) is 27.9 Å². The third-order valence-corrected chi connectivity index (χ3v) is 7.82.